The van der Waals surface area contributed by atoms with Gasteiger partial charge in [-0.25, -0.2) is 9.97 Å². The van der Waals surface area contributed by atoms with Crippen LogP contribution in [0.1, 0.15) is 79.7 Å². The van der Waals surface area contributed by atoms with Gasteiger partial charge in [-0.15, -0.1) is 11.3 Å². The highest BCUT2D eigenvalue weighted by atomic mass is 32.1. The number of rotatable bonds is 8. The van der Waals surface area contributed by atoms with E-state index in [1.54, 1.807) is 40.0 Å². The minimum atomic E-state index is -1.82. The molecule has 3 fully saturated rings. The van der Waals surface area contributed by atoms with Crippen LogP contribution in [0, 0.1) is 23.7 Å². The lowest BCUT2D eigenvalue weighted by molar-refractivity contribution is -0.297. The molecule has 5 N–H and O–H groups in total. The quantitative estimate of drug-likeness (QED) is 0.170. The number of cyclic esters (lactones) is 1. The minimum Gasteiger partial charge on any atom is -0.459 e. The number of pyridine rings is 1. The van der Waals surface area contributed by atoms with Crippen LogP contribution in [0.3, 0.4) is 0 Å². The summed E-state index contributed by atoms with van der Waals surface area (Å²) in [6.45, 7) is 13.3. The number of nitrogens with two attached hydrogens (primary N) is 1. The number of esters is 1. The Balaban J connectivity index is 1.57. The summed E-state index contributed by atoms with van der Waals surface area (Å²) in [5.74, 6) is -4.39. The van der Waals surface area contributed by atoms with E-state index in [1.807, 2.05) is 45.0 Å². The van der Waals surface area contributed by atoms with Crippen LogP contribution in [0.5, 0.6) is 0 Å². The molecule has 14 atom stereocenters. The van der Waals surface area contributed by atoms with Gasteiger partial charge in [0.15, 0.2) is 18.7 Å². The van der Waals surface area contributed by atoms with Crippen LogP contribution >= 0.6 is 11.3 Å². The first-order valence-electron chi connectivity index (χ1n) is 20.2. The number of ketones is 1. The molecular formula is C41H63N5O11S. The van der Waals surface area contributed by atoms with Gasteiger partial charge in [0.05, 0.1) is 53.8 Å². The lowest BCUT2D eigenvalue weighted by Crippen LogP contribution is -2.60. The number of likely N-dealkylation sites (N-methyl/N-ethyl adjacent to an activating group) is 1. The van der Waals surface area contributed by atoms with Crippen molar-refractivity contribution in [2.75, 3.05) is 33.0 Å². The lowest BCUT2D eigenvalue weighted by Gasteiger charge is -2.48. The first-order chi connectivity index (χ1) is 27.3. The number of Topliss-reactive ketones (excluding diaryl/α,β-unsaturated/α-hetero) is 1. The summed E-state index contributed by atoms with van der Waals surface area (Å²) in [5.41, 5.74) is 3.66. The zero-order chi connectivity index (χ0) is 42.7. The Morgan fingerprint density at radius 1 is 1.09 bits per heavy atom. The lowest BCUT2D eigenvalue weighted by atomic mass is 9.73. The Labute approximate surface area is 345 Å². The van der Waals surface area contributed by atoms with E-state index in [2.05, 4.69) is 15.1 Å². The second kappa shape index (κ2) is 19.1. The molecule has 1 unspecified atom stereocenters. The molecule has 2 aromatic rings. The summed E-state index contributed by atoms with van der Waals surface area (Å²) in [6, 6.07) is 5.05. The first kappa shape index (κ1) is 45.9. The van der Waals surface area contributed by atoms with Gasteiger partial charge in [0.25, 0.3) is 0 Å². The van der Waals surface area contributed by atoms with Crippen LogP contribution in [0.2, 0.25) is 0 Å². The van der Waals surface area contributed by atoms with Crippen LogP contribution in [0.25, 0.3) is 10.6 Å². The molecule has 2 aromatic heterocycles. The van der Waals surface area contributed by atoms with Crippen molar-refractivity contribution in [3.05, 3.63) is 29.4 Å². The summed E-state index contributed by atoms with van der Waals surface area (Å²) in [6.07, 6.45) is -4.35. The predicted octanol–water partition coefficient (Wildman–Crippen LogP) is 3.60. The smallest absolute Gasteiger partial charge is 0.316 e. The Kier molecular flexibility index (Phi) is 15.1. The highest BCUT2D eigenvalue weighted by Crippen LogP contribution is 2.41. The van der Waals surface area contributed by atoms with Gasteiger partial charge in [-0.3, -0.25) is 9.59 Å². The number of hydrogen-bond acceptors (Lipinski definition) is 17. The fourth-order valence-electron chi connectivity index (χ4n) is 8.65. The second-order valence-electron chi connectivity index (χ2n) is 17.0. The van der Waals surface area contributed by atoms with E-state index in [4.69, 9.17) is 34.3 Å². The Hall–Kier alpha value is -3.13. The largest absolute Gasteiger partial charge is 0.459 e. The van der Waals surface area contributed by atoms with Gasteiger partial charge in [0, 0.05) is 24.1 Å². The first-order valence-corrected chi connectivity index (χ1v) is 21.0. The molecule has 5 heterocycles. The summed E-state index contributed by atoms with van der Waals surface area (Å²) < 4.78 is 32.1. The SMILES string of the molecule is CC[C@H]1OC(=O)[C@H](C)C(=O)[C@H](C)[C@@H](O[C@H]2O[C@H](C)C[C@H](N(C)C)[C@H]2O)[C@@]2(C)C[C@@H](C)[C@H](O)[C@H](C)C(OC/C(=N\OCc3ncc(-c4cccc(N)n4)s3)CO2)[C@]1(C)O. The van der Waals surface area contributed by atoms with Gasteiger partial charge in [0.2, 0.25) is 0 Å². The van der Waals surface area contributed by atoms with Crippen molar-refractivity contribution in [2.24, 2.45) is 28.8 Å². The van der Waals surface area contributed by atoms with E-state index < -0.39 is 83.4 Å². The number of aromatic nitrogens is 2. The number of anilines is 1. The number of carbonyl (C=O) groups excluding carboxylic acids is 2. The molecule has 0 aliphatic carbocycles. The predicted molar refractivity (Wildman–Crippen MR) is 216 cm³/mol. The fraction of sp³-hybridized carbons (Fsp3) is 0.732. The van der Waals surface area contributed by atoms with Crippen LogP contribution in [-0.2, 0) is 44.7 Å². The molecule has 0 spiro atoms. The molecule has 2 bridgehead atoms. The number of thiazole rings is 1. The topological polar surface area (TPSA) is 218 Å². The van der Waals surface area contributed by atoms with E-state index in [-0.39, 0.29) is 44.8 Å². The van der Waals surface area contributed by atoms with Gasteiger partial charge in [-0.05, 0) is 79.1 Å². The van der Waals surface area contributed by atoms with Crippen LogP contribution in [0.4, 0.5) is 5.82 Å². The minimum absolute atomic E-state index is 0.00615. The molecule has 3 saturated heterocycles. The average Bonchev–Trinajstić information content (AvgIpc) is 3.65. The third kappa shape index (κ3) is 10.2. The van der Waals surface area contributed by atoms with Gasteiger partial charge >= 0.3 is 5.97 Å². The third-order valence-electron chi connectivity index (χ3n) is 12.0. The van der Waals surface area contributed by atoms with Gasteiger partial charge < -0.3 is 54.5 Å². The maximum Gasteiger partial charge on any atom is 0.316 e. The summed E-state index contributed by atoms with van der Waals surface area (Å²) >= 11 is 1.37. The molecule has 5 rings (SSSR count). The molecule has 324 valence electrons. The van der Waals surface area contributed by atoms with E-state index in [0.717, 1.165) is 4.88 Å². The highest BCUT2D eigenvalue weighted by Gasteiger charge is 2.53. The molecule has 17 heteroatoms. The number of nitrogens with zero attached hydrogens (tertiary/aromatic N) is 4. The number of carbonyl (C=O) groups is 2. The Bertz CT molecular complexity index is 1740. The Morgan fingerprint density at radius 3 is 2.48 bits per heavy atom. The molecule has 0 amide bonds. The van der Waals surface area contributed by atoms with E-state index in [0.29, 0.717) is 28.7 Å². The van der Waals surface area contributed by atoms with Crippen molar-refractivity contribution in [2.45, 2.75) is 141 Å². The van der Waals surface area contributed by atoms with Crippen molar-refractivity contribution >= 4 is 34.6 Å². The number of nitrogen functional groups attached to an aromatic ring is 1. The van der Waals surface area contributed by atoms with E-state index >= 15 is 0 Å². The molecule has 0 aromatic carbocycles. The van der Waals surface area contributed by atoms with Crippen molar-refractivity contribution in [3.8, 4) is 10.6 Å². The molecule has 0 saturated carbocycles. The van der Waals surface area contributed by atoms with Crippen molar-refractivity contribution in [1.82, 2.24) is 14.9 Å². The van der Waals surface area contributed by atoms with E-state index in [9.17, 15) is 24.9 Å². The normalized spacial score (nSPS) is 39.1. The average molecular weight is 834 g/mol. The van der Waals surface area contributed by atoms with Crippen molar-refractivity contribution < 1.29 is 53.4 Å². The monoisotopic (exact) mass is 833 g/mol. The highest BCUT2D eigenvalue weighted by molar-refractivity contribution is 7.15. The molecule has 3 aliphatic rings. The van der Waals surface area contributed by atoms with Crippen LogP contribution in [0.15, 0.2) is 29.6 Å². The number of fused-ring (bicyclic) bond motifs is 5. The maximum absolute atomic E-state index is 14.4. The van der Waals surface area contributed by atoms with Crippen molar-refractivity contribution in [1.29, 1.82) is 0 Å². The standard InChI is InChI=1S/C41H63N5O11S/c1-11-30-41(8,51)37-23(4)33(47)21(2)16-40(7,53-19-26(18-52-37)45-54-20-32-43-17-29(58-32)27-13-12-14-31(42)44-27)36(24(5)34(48)25(6)38(50)56-30)57-39-35(49)28(46(9)10)15-22(3)55-39/h12-14,17,21-25,28,30,33,35-37,39,47,49,51H,11,15-16,18-20H2,1-10H3,(H2,42,44)/b45-26+/t21-,22-,23+,24+,25-,28+,30-,33+,35-,36-,37?,39-,40-,41-/m1/s1. The van der Waals surface area contributed by atoms with Gasteiger partial charge in [-0.2, -0.15) is 0 Å². The molecule has 3 aliphatic heterocycles. The number of hydrogen-bond donors (Lipinski definition) is 4. The molecule has 58 heavy (non-hydrogen) atoms. The molecular weight excluding hydrogens is 771 g/mol. The molecule has 0 radical (unpaired) electrons. The van der Waals surface area contributed by atoms with Gasteiger partial charge in [-0.1, -0.05) is 38.9 Å². The third-order valence-corrected chi connectivity index (χ3v) is 13.0. The Morgan fingerprint density at radius 2 is 1.81 bits per heavy atom. The summed E-state index contributed by atoms with van der Waals surface area (Å²) in [7, 11) is 3.73. The number of aliphatic hydroxyl groups is 3. The summed E-state index contributed by atoms with van der Waals surface area (Å²) in [5, 5.41) is 40.9. The maximum atomic E-state index is 14.4. The zero-order valence-electron chi connectivity index (χ0n) is 35.4. The van der Waals surface area contributed by atoms with E-state index in [1.165, 1.54) is 25.2 Å². The van der Waals surface area contributed by atoms with Gasteiger partial charge in [0.1, 0.15) is 40.3 Å². The fourth-order valence-corrected chi connectivity index (χ4v) is 9.44. The van der Waals surface area contributed by atoms with Crippen molar-refractivity contribution in [3.63, 3.8) is 0 Å². The van der Waals surface area contributed by atoms with Crippen LogP contribution in [-0.4, -0.2) is 135 Å². The number of aliphatic hydroxyl groups excluding tert-OH is 2. The van der Waals surface area contributed by atoms with Crippen LogP contribution < -0.4 is 5.73 Å². The number of ether oxygens (including phenoxy) is 5. The molecule has 16 nitrogen and oxygen atoms in total. The summed E-state index contributed by atoms with van der Waals surface area (Å²) in [4.78, 5) is 45.5. The number of oxime groups is 1. The second-order valence-corrected chi connectivity index (χ2v) is 18.1. The zero-order valence-corrected chi connectivity index (χ0v) is 36.2.